The number of ketones is 1. The predicted octanol–water partition coefficient (Wildman–Crippen LogP) is 1.84. The number of carbonyl (C=O) groups excluding carboxylic acids is 1. The Balaban J connectivity index is 1.40. The average molecular weight is 365 g/mol. The molecule has 1 aliphatic heterocycles. The van der Waals surface area contributed by atoms with Crippen LogP contribution in [0.2, 0.25) is 0 Å². The van der Waals surface area contributed by atoms with E-state index in [0.29, 0.717) is 12.5 Å². The Bertz CT molecular complexity index is 944. The number of fused-ring (bicyclic) bond motifs is 1. The fraction of sp³-hybridized carbons (Fsp3) is 0.368. The Hall–Kier alpha value is -3.00. The van der Waals surface area contributed by atoms with Crippen LogP contribution in [0.3, 0.4) is 0 Å². The van der Waals surface area contributed by atoms with E-state index in [1.807, 2.05) is 23.9 Å². The quantitative estimate of drug-likeness (QED) is 0.672. The molecule has 0 fully saturated rings. The molecule has 1 N–H and O–H groups in total. The van der Waals surface area contributed by atoms with Gasteiger partial charge in [-0.1, -0.05) is 0 Å². The molecule has 0 aromatic carbocycles. The zero-order chi connectivity index (χ0) is 18.8. The van der Waals surface area contributed by atoms with Crippen LogP contribution in [-0.2, 0) is 33.2 Å². The molecular weight excluding hydrogens is 342 g/mol. The second-order valence-electron chi connectivity index (χ2n) is 6.87. The van der Waals surface area contributed by atoms with Gasteiger partial charge in [-0.2, -0.15) is 5.10 Å². The van der Waals surface area contributed by atoms with Crippen molar-refractivity contribution in [1.29, 1.82) is 0 Å². The smallest absolute Gasteiger partial charge is 0.222 e. The molecule has 27 heavy (non-hydrogen) atoms. The highest BCUT2D eigenvalue weighted by Gasteiger charge is 2.20. The summed E-state index contributed by atoms with van der Waals surface area (Å²) < 4.78 is 4.11. The molecule has 8 heteroatoms. The van der Waals surface area contributed by atoms with Gasteiger partial charge in [0.05, 0.1) is 24.5 Å². The van der Waals surface area contributed by atoms with Crippen molar-refractivity contribution in [2.45, 2.75) is 33.1 Å². The third-order valence-corrected chi connectivity index (χ3v) is 4.82. The van der Waals surface area contributed by atoms with Crippen molar-refractivity contribution >= 4 is 11.7 Å². The molecule has 8 nitrogen and oxygen atoms in total. The zero-order valence-corrected chi connectivity index (χ0v) is 15.6. The van der Waals surface area contributed by atoms with E-state index in [1.54, 1.807) is 25.4 Å². The summed E-state index contributed by atoms with van der Waals surface area (Å²) in [4.78, 5) is 22.3. The van der Waals surface area contributed by atoms with Gasteiger partial charge < -0.3 is 9.88 Å². The predicted molar refractivity (Wildman–Crippen MR) is 101 cm³/mol. The van der Waals surface area contributed by atoms with E-state index in [1.165, 1.54) is 5.69 Å². The molecular formula is C19H23N7O. The van der Waals surface area contributed by atoms with Gasteiger partial charge in [-0.25, -0.2) is 9.97 Å². The van der Waals surface area contributed by atoms with Gasteiger partial charge in [0.25, 0.3) is 0 Å². The van der Waals surface area contributed by atoms with Gasteiger partial charge in [-0.05, 0) is 25.1 Å². The first-order chi connectivity index (χ1) is 13.1. The maximum atomic E-state index is 11.6. The number of hydrogen-bond acceptors (Lipinski definition) is 6. The number of aromatic nitrogens is 5. The lowest BCUT2D eigenvalue weighted by Crippen LogP contribution is -2.33. The van der Waals surface area contributed by atoms with E-state index in [4.69, 9.17) is 0 Å². The zero-order valence-electron chi connectivity index (χ0n) is 15.6. The van der Waals surface area contributed by atoms with Gasteiger partial charge in [0.1, 0.15) is 0 Å². The van der Waals surface area contributed by atoms with Gasteiger partial charge in [0.15, 0.2) is 5.78 Å². The SMILES string of the molecule is CC(=O)c1cc(CN2CCn3nc(CNc4ncccn4)cc3C2)n(C)c1. The van der Waals surface area contributed by atoms with Crippen molar-refractivity contribution in [3.8, 4) is 0 Å². The minimum absolute atomic E-state index is 0.105. The molecule has 0 radical (unpaired) electrons. The van der Waals surface area contributed by atoms with Crippen LogP contribution < -0.4 is 5.32 Å². The van der Waals surface area contributed by atoms with Crippen LogP contribution in [0.4, 0.5) is 5.95 Å². The summed E-state index contributed by atoms with van der Waals surface area (Å²) >= 11 is 0. The highest BCUT2D eigenvalue weighted by molar-refractivity contribution is 5.94. The fourth-order valence-electron chi connectivity index (χ4n) is 3.35. The molecule has 0 atom stereocenters. The third-order valence-electron chi connectivity index (χ3n) is 4.82. The molecule has 4 rings (SSSR count). The number of anilines is 1. The molecule has 0 saturated carbocycles. The van der Waals surface area contributed by atoms with Crippen LogP contribution in [-0.4, -0.2) is 41.5 Å². The number of nitrogens with one attached hydrogen (secondary N) is 1. The molecule has 0 amide bonds. The van der Waals surface area contributed by atoms with Crippen LogP contribution in [0.15, 0.2) is 36.8 Å². The lowest BCUT2D eigenvalue weighted by atomic mass is 10.2. The molecule has 3 aromatic heterocycles. The van der Waals surface area contributed by atoms with Gasteiger partial charge in [0.2, 0.25) is 5.95 Å². The lowest BCUT2D eigenvalue weighted by molar-refractivity contribution is 0.101. The van der Waals surface area contributed by atoms with Crippen LogP contribution in [0.5, 0.6) is 0 Å². The van der Waals surface area contributed by atoms with Gasteiger partial charge in [-0.15, -0.1) is 0 Å². The largest absolute Gasteiger partial charge is 0.353 e. The Kier molecular flexibility index (Phi) is 4.72. The highest BCUT2D eigenvalue weighted by Crippen LogP contribution is 2.18. The Labute approximate surface area is 157 Å². The van der Waals surface area contributed by atoms with E-state index in [9.17, 15) is 4.79 Å². The third kappa shape index (κ3) is 3.90. The van der Waals surface area contributed by atoms with Crippen molar-refractivity contribution in [2.24, 2.45) is 7.05 Å². The Morgan fingerprint density at radius 2 is 2.04 bits per heavy atom. The Morgan fingerprint density at radius 1 is 1.22 bits per heavy atom. The molecule has 4 heterocycles. The normalized spacial score (nSPS) is 14.1. The summed E-state index contributed by atoms with van der Waals surface area (Å²) in [5.74, 6) is 0.711. The monoisotopic (exact) mass is 365 g/mol. The maximum Gasteiger partial charge on any atom is 0.222 e. The van der Waals surface area contributed by atoms with E-state index in [0.717, 1.165) is 43.1 Å². The summed E-state index contributed by atoms with van der Waals surface area (Å²) in [7, 11) is 1.99. The summed E-state index contributed by atoms with van der Waals surface area (Å²) in [6.07, 6.45) is 5.33. The molecule has 140 valence electrons. The first-order valence-corrected chi connectivity index (χ1v) is 9.03. The maximum absolute atomic E-state index is 11.6. The molecule has 0 spiro atoms. The highest BCUT2D eigenvalue weighted by atomic mass is 16.1. The standard InChI is InChI=1S/C19H23N7O/c1-14(27)15-8-17(24(2)11-15)12-25-6-7-26-18(13-25)9-16(23-26)10-22-19-20-4-3-5-21-19/h3-5,8-9,11H,6-7,10,12-13H2,1-2H3,(H,20,21,22). The molecule has 1 aliphatic rings. The van der Waals surface area contributed by atoms with Gasteiger partial charge in [0, 0.05) is 56.5 Å². The van der Waals surface area contributed by atoms with Crippen LogP contribution >= 0.6 is 0 Å². The number of nitrogens with zero attached hydrogens (tertiary/aromatic N) is 6. The van der Waals surface area contributed by atoms with E-state index < -0.39 is 0 Å². The van der Waals surface area contributed by atoms with Gasteiger partial charge >= 0.3 is 0 Å². The fourth-order valence-corrected chi connectivity index (χ4v) is 3.35. The average Bonchev–Trinajstić information content (AvgIpc) is 3.24. The second-order valence-corrected chi connectivity index (χ2v) is 6.87. The van der Waals surface area contributed by atoms with Gasteiger partial charge in [-0.3, -0.25) is 14.4 Å². The topological polar surface area (TPSA) is 80.9 Å². The van der Waals surface area contributed by atoms with Crippen LogP contribution in [0, 0.1) is 0 Å². The molecule has 3 aromatic rings. The number of carbonyl (C=O) groups is 1. The second kappa shape index (κ2) is 7.32. The summed E-state index contributed by atoms with van der Waals surface area (Å²) in [6, 6.07) is 5.92. The molecule has 0 aliphatic carbocycles. The minimum atomic E-state index is 0.105. The molecule has 0 unspecified atom stereocenters. The summed E-state index contributed by atoms with van der Waals surface area (Å²) in [5, 5.41) is 7.87. The van der Waals surface area contributed by atoms with Crippen molar-refractivity contribution in [3.05, 3.63) is 59.4 Å². The number of aryl methyl sites for hydroxylation is 1. The van der Waals surface area contributed by atoms with Crippen LogP contribution in [0.1, 0.15) is 34.4 Å². The van der Waals surface area contributed by atoms with Crippen molar-refractivity contribution < 1.29 is 4.79 Å². The van der Waals surface area contributed by atoms with E-state index >= 15 is 0 Å². The molecule has 0 saturated heterocycles. The number of Topliss-reactive ketones (excluding diaryl/α,β-unsaturated/α-hetero) is 1. The van der Waals surface area contributed by atoms with E-state index in [2.05, 4.69) is 36.0 Å². The summed E-state index contributed by atoms with van der Waals surface area (Å²) in [6.45, 7) is 5.67. The van der Waals surface area contributed by atoms with Crippen molar-refractivity contribution in [2.75, 3.05) is 11.9 Å². The number of hydrogen-bond donors (Lipinski definition) is 1. The number of rotatable bonds is 6. The minimum Gasteiger partial charge on any atom is -0.353 e. The lowest BCUT2D eigenvalue weighted by Gasteiger charge is -2.27. The first-order valence-electron chi connectivity index (χ1n) is 9.03. The summed E-state index contributed by atoms with van der Waals surface area (Å²) in [5.41, 5.74) is 4.10. The van der Waals surface area contributed by atoms with E-state index in [-0.39, 0.29) is 5.78 Å². The van der Waals surface area contributed by atoms with Crippen molar-refractivity contribution in [3.63, 3.8) is 0 Å². The van der Waals surface area contributed by atoms with Crippen molar-refractivity contribution in [1.82, 2.24) is 29.2 Å². The van der Waals surface area contributed by atoms with Crippen LogP contribution in [0.25, 0.3) is 0 Å². The first kappa shape index (κ1) is 17.4. The molecule has 0 bridgehead atoms. The Morgan fingerprint density at radius 3 is 2.78 bits per heavy atom.